The fourth-order valence-corrected chi connectivity index (χ4v) is 3.74. The van der Waals surface area contributed by atoms with Gasteiger partial charge in [-0.15, -0.1) is 0 Å². The van der Waals surface area contributed by atoms with E-state index < -0.39 is 24.0 Å². The van der Waals surface area contributed by atoms with E-state index in [2.05, 4.69) is 5.32 Å². The Balaban J connectivity index is 1.60. The van der Waals surface area contributed by atoms with Gasteiger partial charge in [-0.25, -0.2) is 9.69 Å². The number of rotatable bonds is 6. The van der Waals surface area contributed by atoms with Crippen molar-refractivity contribution in [3.05, 3.63) is 102 Å². The van der Waals surface area contributed by atoms with Gasteiger partial charge in [0.25, 0.3) is 5.91 Å². The summed E-state index contributed by atoms with van der Waals surface area (Å²) < 4.78 is 0. The van der Waals surface area contributed by atoms with Crippen LogP contribution in [0.5, 0.6) is 0 Å². The lowest BCUT2D eigenvalue weighted by molar-refractivity contribution is -0.134. The van der Waals surface area contributed by atoms with Crippen LogP contribution >= 0.6 is 0 Å². The van der Waals surface area contributed by atoms with Gasteiger partial charge in [0.1, 0.15) is 12.1 Å². The lowest BCUT2D eigenvalue weighted by Gasteiger charge is -2.29. The molecule has 1 aliphatic heterocycles. The van der Waals surface area contributed by atoms with Crippen molar-refractivity contribution in [3.8, 4) is 0 Å². The number of para-hydroxylation sites is 1. The van der Waals surface area contributed by atoms with E-state index in [1.54, 1.807) is 24.0 Å². The SMILES string of the molecule is CC(C(=O)N(Cc1ccccc1)c1ccccc1)N1C(=O)NC(c2ccccc2)C1=O. The summed E-state index contributed by atoms with van der Waals surface area (Å²) in [5.41, 5.74) is 2.34. The summed E-state index contributed by atoms with van der Waals surface area (Å²) in [6.07, 6.45) is 0. The van der Waals surface area contributed by atoms with Crippen LogP contribution in [0.15, 0.2) is 91.0 Å². The van der Waals surface area contributed by atoms with E-state index in [0.29, 0.717) is 17.8 Å². The Bertz CT molecular complexity index is 1070. The Labute approximate surface area is 181 Å². The maximum atomic E-state index is 13.5. The zero-order chi connectivity index (χ0) is 21.8. The average Bonchev–Trinajstić information content (AvgIpc) is 3.12. The Morgan fingerprint density at radius 1 is 0.903 bits per heavy atom. The number of nitrogens with zero attached hydrogens (tertiary/aromatic N) is 2. The number of imide groups is 1. The van der Waals surface area contributed by atoms with Crippen LogP contribution in [-0.2, 0) is 16.1 Å². The summed E-state index contributed by atoms with van der Waals surface area (Å²) in [4.78, 5) is 41.9. The number of hydrogen-bond acceptors (Lipinski definition) is 3. The summed E-state index contributed by atoms with van der Waals surface area (Å²) in [6.45, 7) is 1.92. The van der Waals surface area contributed by atoms with Crippen LogP contribution in [0.25, 0.3) is 0 Å². The Kier molecular flexibility index (Phi) is 5.80. The highest BCUT2D eigenvalue weighted by Gasteiger charge is 2.44. The van der Waals surface area contributed by atoms with Crippen molar-refractivity contribution in [1.82, 2.24) is 10.2 Å². The van der Waals surface area contributed by atoms with Crippen LogP contribution in [-0.4, -0.2) is 28.8 Å². The average molecular weight is 413 g/mol. The van der Waals surface area contributed by atoms with Crippen molar-refractivity contribution in [1.29, 1.82) is 0 Å². The molecule has 1 N–H and O–H groups in total. The minimum Gasteiger partial charge on any atom is -0.322 e. The van der Waals surface area contributed by atoms with Crippen LogP contribution < -0.4 is 10.2 Å². The van der Waals surface area contributed by atoms with E-state index in [1.807, 2.05) is 78.9 Å². The monoisotopic (exact) mass is 413 g/mol. The van der Waals surface area contributed by atoms with E-state index in [4.69, 9.17) is 0 Å². The minimum atomic E-state index is -0.954. The molecule has 0 aliphatic carbocycles. The van der Waals surface area contributed by atoms with Crippen molar-refractivity contribution in [2.45, 2.75) is 25.6 Å². The largest absolute Gasteiger partial charge is 0.325 e. The second kappa shape index (κ2) is 8.83. The highest BCUT2D eigenvalue weighted by atomic mass is 16.2. The number of urea groups is 1. The first-order chi connectivity index (χ1) is 15.1. The molecule has 1 saturated heterocycles. The van der Waals surface area contributed by atoms with Crippen molar-refractivity contribution in [2.75, 3.05) is 4.90 Å². The number of hydrogen-bond donors (Lipinski definition) is 1. The van der Waals surface area contributed by atoms with Crippen LogP contribution in [0.3, 0.4) is 0 Å². The molecular weight excluding hydrogens is 390 g/mol. The van der Waals surface area contributed by atoms with Gasteiger partial charge in [-0.3, -0.25) is 9.59 Å². The lowest BCUT2D eigenvalue weighted by Crippen LogP contribution is -2.49. The number of carbonyl (C=O) groups is 3. The number of nitrogens with one attached hydrogen (secondary N) is 1. The summed E-state index contributed by atoms with van der Waals surface area (Å²) >= 11 is 0. The van der Waals surface area contributed by atoms with Crippen molar-refractivity contribution in [3.63, 3.8) is 0 Å². The second-order valence-corrected chi connectivity index (χ2v) is 7.42. The molecule has 156 valence electrons. The second-order valence-electron chi connectivity index (χ2n) is 7.42. The summed E-state index contributed by atoms with van der Waals surface area (Å²) in [7, 11) is 0. The highest BCUT2D eigenvalue weighted by Crippen LogP contribution is 2.26. The molecule has 6 nitrogen and oxygen atoms in total. The molecule has 31 heavy (non-hydrogen) atoms. The fourth-order valence-electron chi connectivity index (χ4n) is 3.74. The third kappa shape index (κ3) is 4.19. The molecule has 6 heteroatoms. The van der Waals surface area contributed by atoms with Gasteiger partial charge in [-0.1, -0.05) is 78.9 Å². The third-order valence-corrected chi connectivity index (χ3v) is 5.37. The lowest BCUT2D eigenvalue weighted by atomic mass is 10.1. The van der Waals surface area contributed by atoms with Crippen molar-refractivity contribution in [2.24, 2.45) is 0 Å². The first kappa shape index (κ1) is 20.3. The van der Waals surface area contributed by atoms with Gasteiger partial charge in [0, 0.05) is 5.69 Å². The molecule has 4 rings (SSSR count). The molecule has 1 fully saturated rings. The van der Waals surface area contributed by atoms with E-state index in [1.165, 1.54) is 0 Å². The smallest absolute Gasteiger partial charge is 0.322 e. The van der Waals surface area contributed by atoms with Gasteiger partial charge >= 0.3 is 6.03 Å². The van der Waals surface area contributed by atoms with Crippen LogP contribution in [0.4, 0.5) is 10.5 Å². The molecule has 1 heterocycles. The molecule has 0 bridgehead atoms. The molecule has 0 saturated carbocycles. The van der Waals surface area contributed by atoms with E-state index in [9.17, 15) is 14.4 Å². The molecular formula is C25H23N3O3. The van der Waals surface area contributed by atoms with E-state index in [-0.39, 0.29) is 5.91 Å². The molecule has 4 amide bonds. The molecule has 3 aromatic carbocycles. The first-order valence-electron chi connectivity index (χ1n) is 10.1. The zero-order valence-corrected chi connectivity index (χ0v) is 17.1. The zero-order valence-electron chi connectivity index (χ0n) is 17.1. The predicted molar refractivity (Wildman–Crippen MR) is 118 cm³/mol. The number of carbonyl (C=O) groups excluding carboxylic acids is 3. The van der Waals surface area contributed by atoms with Gasteiger partial charge < -0.3 is 10.2 Å². The number of anilines is 1. The van der Waals surface area contributed by atoms with Gasteiger partial charge in [-0.2, -0.15) is 0 Å². The van der Waals surface area contributed by atoms with Crippen LogP contribution in [0.2, 0.25) is 0 Å². The normalized spacial score (nSPS) is 16.7. The third-order valence-electron chi connectivity index (χ3n) is 5.37. The van der Waals surface area contributed by atoms with Gasteiger partial charge in [0.15, 0.2) is 0 Å². The topological polar surface area (TPSA) is 69.7 Å². The predicted octanol–water partition coefficient (Wildman–Crippen LogP) is 3.90. The molecule has 2 atom stereocenters. The Hall–Kier alpha value is -3.93. The van der Waals surface area contributed by atoms with Gasteiger partial charge in [-0.05, 0) is 30.2 Å². The molecule has 0 aromatic heterocycles. The van der Waals surface area contributed by atoms with Crippen molar-refractivity contribution < 1.29 is 14.4 Å². The fraction of sp³-hybridized carbons (Fsp3) is 0.160. The molecule has 1 aliphatic rings. The van der Waals surface area contributed by atoms with Crippen molar-refractivity contribution >= 4 is 23.5 Å². The molecule has 0 radical (unpaired) electrons. The standard InChI is InChI=1S/C25H23N3O3/c1-18(28-24(30)22(26-25(28)31)20-13-7-3-8-14-20)23(29)27(21-15-9-4-10-16-21)17-19-11-5-2-6-12-19/h2-16,18,22H,17H2,1H3,(H,26,31). The minimum absolute atomic E-state index is 0.327. The van der Waals surface area contributed by atoms with E-state index >= 15 is 0 Å². The summed E-state index contributed by atoms with van der Waals surface area (Å²) in [6, 6.07) is 25.6. The quantitative estimate of drug-likeness (QED) is 0.623. The van der Waals surface area contributed by atoms with Gasteiger partial charge in [0.05, 0.1) is 6.54 Å². The molecule has 0 spiro atoms. The molecule has 3 aromatic rings. The first-order valence-corrected chi connectivity index (χ1v) is 10.1. The maximum absolute atomic E-state index is 13.5. The highest BCUT2D eigenvalue weighted by molar-refractivity contribution is 6.09. The summed E-state index contributed by atoms with van der Waals surface area (Å²) in [5, 5.41) is 2.70. The number of amides is 4. The van der Waals surface area contributed by atoms with E-state index in [0.717, 1.165) is 10.5 Å². The Morgan fingerprint density at radius 2 is 1.45 bits per heavy atom. The van der Waals surface area contributed by atoms with Gasteiger partial charge in [0.2, 0.25) is 5.91 Å². The molecule has 2 unspecified atom stereocenters. The maximum Gasteiger partial charge on any atom is 0.325 e. The van der Waals surface area contributed by atoms with Crippen LogP contribution in [0, 0.1) is 0 Å². The number of benzene rings is 3. The Morgan fingerprint density at radius 3 is 2.06 bits per heavy atom. The summed E-state index contributed by atoms with van der Waals surface area (Å²) in [5.74, 6) is -0.753. The van der Waals surface area contributed by atoms with Crippen LogP contribution in [0.1, 0.15) is 24.1 Å².